The Bertz CT molecular complexity index is 396. The van der Waals surface area contributed by atoms with Gasteiger partial charge in [-0.2, -0.15) is 0 Å². The lowest BCUT2D eigenvalue weighted by Crippen LogP contribution is -2.34. The molecule has 0 aromatic heterocycles. The van der Waals surface area contributed by atoms with Crippen molar-refractivity contribution in [1.82, 2.24) is 0 Å². The van der Waals surface area contributed by atoms with Gasteiger partial charge in [0.05, 0.1) is 0 Å². The highest BCUT2D eigenvalue weighted by Crippen LogP contribution is 2.50. The van der Waals surface area contributed by atoms with Crippen LogP contribution in [-0.2, 0) is 4.79 Å². The first-order valence-corrected chi connectivity index (χ1v) is 11.9. The summed E-state index contributed by atoms with van der Waals surface area (Å²) in [6.07, 6.45) is 22.0. The molecular formula is C25H46O. The topological polar surface area (TPSA) is 17.1 Å². The van der Waals surface area contributed by atoms with Crippen LogP contribution in [0, 0.1) is 11.3 Å². The van der Waals surface area contributed by atoms with E-state index in [0.29, 0.717) is 11.7 Å². The van der Waals surface area contributed by atoms with Gasteiger partial charge in [0.2, 0.25) is 0 Å². The van der Waals surface area contributed by atoms with Gasteiger partial charge in [0.15, 0.2) is 5.78 Å². The summed E-state index contributed by atoms with van der Waals surface area (Å²) in [4.78, 5) is 13.6. The van der Waals surface area contributed by atoms with E-state index >= 15 is 0 Å². The Kier molecular flexibility index (Phi) is 12.2. The van der Waals surface area contributed by atoms with E-state index in [9.17, 15) is 4.79 Å². The fraction of sp³-hybridized carbons (Fsp3) is 0.880. The van der Waals surface area contributed by atoms with Gasteiger partial charge in [0, 0.05) is 5.41 Å². The first-order chi connectivity index (χ1) is 12.7. The number of rotatable bonds is 16. The molecule has 1 rings (SSSR count). The second kappa shape index (κ2) is 13.6. The smallest absolute Gasteiger partial charge is 0.165 e. The van der Waals surface area contributed by atoms with Crippen LogP contribution in [0.5, 0.6) is 0 Å². The predicted molar refractivity (Wildman–Crippen MR) is 116 cm³/mol. The predicted octanol–water partition coefficient (Wildman–Crippen LogP) is 8.42. The van der Waals surface area contributed by atoms with Gasteiger partial charge in [0.1, 0.15) is 0 Å². The lowest BCUT2D eigenvalue weighted by molar-refractivity contribution is -0.127. The van der Waals surface area contributed by atoms with Crippen LogP contribution in [0.1, 0.15) is 130 Å². The summed E-state index contributed by atoms with van der Waals surface area (Å²) in [5.74, 6) is 1.08. The first kappa shape index (κ1) is 23.4. The Hall–Kier alpha value is -0.590. The maximum atomic E-state index is 13.6. The molecule has 0 saturated heterocycles. The summed E-state index contributed by atoms with van der Waals surface area (Å²) >= 11 is 0. The Morgan fingerprint density at radius 2 is 1.23 bits per heavy atom. The summed E-state index contributed by atoms with van der Waals surface area (Å²) in [5, 5.41) is 0. The van der Waals surface area contributed by atoms with Crippen molar-refractivity contribution >= 4 is 5.78 Å². The molecule has 0 heterocycles. The third-order valence-electron chi connectivity index (χ3n) is 6.48. The zero-order valence-corrected chi connectivity index (χ0v) is 18.4. The van der Waals surface area contributed by atoms with E-state index in [2.05, 4.69) is 33.8 Å². The molecule has 0 bridgehead atoms. The third-order valence-corrected chi connectivity index (χ3v) is 6.48. The number of ketones is 1. The monoisotopic (exact) mass is 362 g/mol. The molecule has 1 atom stereocenters. The zero-order valence-electron chi connectivity index (χ0n) is 18.4. The molecular weight excluding hydrogens is 316 g/mol. The Labute approximate surface area is 164 Å². The van der Waals surface area contributed by atoms with Crippen molar-refractivity contribution in [3.05, 3.63) is 11.6 Å². The largest absolute Gasteiger partial charge is 0.294 e. The number of hydrogen-bond donors (Lipinski definition) is 0. The third kappa shape index (κ3) is 6.86. The summed E-state index contributed by atoms with van der Waals surface area (Å²) < 4.78 is 0. The number of allylic oxidation sites excluding steroid dienone is 2. The SMILES string of the molecule is CCCCCC1=CC(CCCCC)C(CCCCC)(CCCCC)C1=O. The van der Waals surface area contributed by atoms with Gasteiger partial charge in [-0.05, 0) is 43.6 Å². The Morgan fingerprint density at radius 1 is 0.731 bits per heavy atom. The molecule has 0 saturated carbocycles. The number of hydrogen-bond acceptors (Lipinski definition) is 1. The highest BCUT2D eigenvalue weighted by molar-refractivity contribution is 6.02. The van der Waals surface area contributed by atoms with E-state index in [0.717, 1.165) is 19.3 Å². The second-order valence-corrected chi connectivity index (χ2v) is 8.65. The normalized spacial score (nSPS) is 19.2. The molecule has 1 heteroatoms. The van der Waals surface area contributed by atoms with Crippen molar-refractivity contribution in [2.75, 3.05) is 0 Å². The molecule has 0 radical (unpaired) electrons. The van der Waals surface area contributed by atoms with Crippen LogP contribution in [0.25, 0.3) is 0 Å². The quantitative estimate of drug-likeness (QED) is 0.252. The molecule has 1 aliphatic carbocycles. The second-order valence-electron chi connectivity index (χ2n) is 8.65. The van der Waals surface area contributed by atoms with E-state index in [1.54, 1.807) is 0 Å². The number of unbranched alkanes of at least 4 members (excludes halogenated alkanes) is 8. The minimum Gasteiger partial charge on any atom is -0.294 e. The molecule has 152 valence electrons. The summed E-state index contributed by atoms with van der Waals surface area (Å²) in [7, 11) is 0. The average Bonchev–Trinajstić information content (AvgIpc) is 2.89. The van der Waals surface area contributed by atoms with E-state index in [1.165, 1.54) is 89.0 Å². The molecule has 0 fully saturated rings. The lowest BCUT2D eigenvalue weighted by Gasteiger charge is -2.35. The minimum absolute atomic E-state index is 0.0420. The van der Waals surface area contributed by atoms with Crippen molar-refractivity contribution < 1.29 is 4.79 Å². The zero-order chi connectivity index (χ0) is 19.3. The van der Waals surface area contributed by atoms with E-state index in [1.807, 2.05) is 0 Å². The summed E-state index contributed by atoms with van der Waals surface area (Å²) in [6, 6.07) is 0. The van der Waals surface area contributed by atoms with Crippen LogP contribution in [0.2, 0.25) is 0 Å². The van der Waals surface area contributed by atoms with Crippen LogP contribution >= 0.6 is 0 Å². The minimum atomic E-state index is -0.0420. The van der Waals surface area contributed by atoms with Crippen molar-refractivity contribution in [3.63, 3.8) is 0 Å². The van der Waals surface area contributed by atoms with Crippen LogP contribution in [0.4, 0.5) is 0 Å². The van der Waals surface area contributed by atoms with Crippen LogP contribution in [-0.4, -0.2) is 5.78 Å². The highest BCUT2D eigenvalue weighted by Gasteiger charge is 2.48. The molecule has 0 amide bonds. The van der Waals surface area contributed by atoms with Crippen molar-refractivity contribution in [2.45, 2.75) is 130 Å². The highest BCUT2D eigenvalue weighted by atomic mass is 16.1. The number of Topliss-reactive ketones (excluding diaryl/α,β-unsaturated/α-hetero) is 1. The number of carbonyl (C=O) groups is 1. The van der Waals surface area contributed by atoms with E-state index < -0.39 is 0 Å². The van der Waals surface area contributed by atoms with Gasteiger partial charge in [-0.15, -0.1) is 0 Å². The molecule has 1 unspecified atom stereocenters. The first-order valence-electron chi connectivity index (χ1n) is 11.9. The molecule has 0 N–H and O–H groups in total. The average molecular weight is 363 g/mol. The van der Waals surface area contributed by atoms with Gasteiger partial charge in [-0.25, -0.2) is 0 Å². The van der Waals surface area contributed by atoms with Crippen LogP contribution in [0.3, 0.4) is 0 Å². The van der Waals surface area contributed by atoms with Gasteiger partial charge < -0.3 is 0 Å². The van der Waals surface area contributed by atoms with Crippen molar-refractivity contribution in [1.29, 1.82) is 0 Å². The Balaban J connectivity index is 2.93. The summed E-state index contributed by atoms with van der Waals surface area (Å²) in [6.45, 7) is 9.07. The molecule has 1 aliphatic rings. The molecule has 26 heavy (non-hydrogen) atoms. The van der Waals surface area contributed by atoms with E-state index in [-0.39, 0.29) is 5.41 Å². The molecule has 0 aliphatic heterocycles. The lowest BCUT2D eigenvalue weighted by atomic mass is 9.67. The molecule has 0 aromatic rings. The van der Waals surface area contributed by atoms with E-state index in [4.69, 9.17) is 0 Å². The molecule has 0 spiro atoms. The standard InChI is InChI=1S/C25H46O/c1-5-9-13-17-22-21-23(18-14-10-6-2)25(24(22)26,19-15-11-7-3)20-16-12-8-4/h21,23H,5-20H2,1-4H3. The molecule has 1 nitrogen and oxygen atoms in total. The van der Waals surface area contributed by atoms with Crippen LogP contribution < -0.4 is 0 Å². The maximum Gasteiger partial charge on any atom is 0.165 e. The van der Waals surface area contributed by atoms with Crippen molar-refractivity contribution in [2.24, 2.45) is 11.3 Å². The Morgan fingerprint density at radius 3 is 1.77 bits per heavy atom. The van der Waals surface area contributed by atoms with Crippen molar-refractivity contribution in [3.8, 4) is 0 Å². The molecule has 0 aromatic carbocycles. The van der Waals surface area contributed by atoms with Gasteiger partial charge >= 0.3 is 0 Å². The summed E-state index contributed by atoms with van der Waals surface area (Å²) in [5.41, 5.74) is 1.16. The fourth-order valence-electron chi connectivity index (χ4n) is 4.81. The van der Waals surface area contributed by atoms with Gasteiger partial charge in [0.25, 0.3) is 0 Å². The van der Waals surface area contributed by atoms with Crippen LogP contribution in [0.15, 0.2) is 11.6 Å². The fourth-order valence-corrected chi connectivity index (χ4v) is 4.81. The van der Waals surface area contributed by atoms with Gasteiger partial charge in [-0.1, -0.05) is 104 Å². The van der Waals surface area contributed by atoms with Gasteiger partial charge in [-0.3, -0.25) is 4.79 Å². The number of carbonyl (C=O) groups excluding carboxylic acids is 1. The maximum absolute atomic E-state index is 13.6.